The molecule has 0 saturated heterocycles. The van der Waals surface area contributed by atoms with E-state index in [0.29, 0.717) is 12.3 Å². The minimum absolute atomic E-state index is 0.00303. The van der Waals surface area contributed by atoms with Crippen molar-refractivity contribution >= 4 is 27.7 Å². The largest absolute Gasteiger partial charge is 0.484 e. The van der Waals surface area contributed by atoms with Gasteiger partial charge in [0.05, 0.1) is 0 Å². The van der Waals surface area contributed by atoms with E-state index in [1.165, 1.54) is 0 Å². The minimum Gasteiger partial charge on any atom is -0.484 e. The third-order valence-corrected chi connectivity index (χ3v) is 5.45. The second-order valence-electron chi connectivity index (χ2n) is 7.55. The van der Waals surface area contributed by atoms with Crippen LogP contribution in [0.4, 0.5) is 0 Å². The highest BCUT2D eigenvalue weighted by Crippen LogP contribution is 2.22. The normalized spacial score (nSPS) is 11.8. The van der Waals surface area contributed by atoms with Crippen molar-refractivity contribution in [3.8, 4) is 5.75 Å². The van der Waals surface area contributed by atoms with Crippen LogP contribution in [0.5, 0.6) is 5.75 Å². The van der Waals surface area contributed by atoms with Crippen LogP contribution in [-0.4, -0.2) is 35.4 Å². The van der Waals surface area contributed by atoms with E-state index in [1.54, 1.807) is 11.8 Å². The lowest BCUT2D eigenvalue weighted by molar-refractivity contribution is -0.142. The molecule has 0 aliphatic heterocycles. The molecule has 0 aliphatic rings. The van der Waals surface area contributed by atoms with E-state index < -0.39 is 6.04 Å². The number of amides is 2. The molecular weight excluding hydrogens is 432 g/mol. The maximum absolute atomic E-state index is 13.0. The fourth-order valence-corrected chi connectivity index (χ4v) is 3.06. The fourth-order valence-electron chi connectivity index (χ4n) is 2.81. The maximum Gasteiger partial charge on any atom is 0.261 e. The molecule has 5 nitrogen and oxygen atoms in total. The van der Waals surface area contributed by atoms with Crippen LogP contribution in [-0.2, 0) is 16.1 Å². The number of rotatable bonds is 8. The molecule has 2 amide bonds. The number of hydrogen-bond acceptors (Lipinski definition) is 3. The van der Waals surface area contributed by atoms with Gasteiger partial charge in [-0.2, -0.15) is 0 Å². The number of aryl methyl sites for hydroxylation is 2. The van der Waals surface area contributed by atoms with Crippen LogP contribution in [0, 0.1) is 13.8 Å². The summed E-state index contributed by atoms with van der Waals surface area (Å²) in [6.45, 7) is 9.72. The number of carbonyl (C=O) groups excluding carboxylic acids is 2. The fraction of sp³-hybridized carbons (Fsp3) is 0.391. The summed E-state index contributed by atoms with van der Waals surface area (Å²) in [5.74, 6) is 0.200. The van der Waals surface area contributed by atoms with Gasteiger partial charge in [0.15, 0.2) is 6.61 Å². The molecule has 0 spiro atoms. The van der Waals surface area contributed by atoms with Gasteiger partial charge in [0.1, 0.15) is 11.8 Å². The summed E-state index contributed by atoms with van der Waals surface area (Å²) >= 11 is 3.45. The summed E-state index contributed by atoms with van der Waals surface area (Å²) in [6, 6.07) is 12.9. The van der Waals surface area contributed by atoms with Gasteiger partial charge < -0.3 is 15.0 Å². The zero-order valence-electron chi connectivity index (χ0n) is 17.7. The first-order valence-corrected chi connectivity index (χ1v) is 10.5. The third kappa shape index (κ3) is 6.89. The Kier molecular flexibility index (Phi) is 8.26. The summed E-state index contributed by atoms with van der Waals surface area (Å²) in [6.07, 6.45) is 0. The standard InChI is InChI=1S/C23H29BrN2O3/c1-15(2)25-23(28)18(5)26(13-19-8-6-16(3)7-9-19)22(27)14-29-20-10-11-21(24)17(4)12-20/h6-12,15,18H,13-14H2,1-5H3,(H,25,28)/t18-/m0/s1. The molecule has 0 aliphatic carbocycles. The summed E-state index contributed by atoms with van der Waals surface area (Å²) in [4.78, 5) is 27.1. The lowest BCUT2D eigenvalue weighted by Crippen LogP contribution is -2.50. The molecule has 0 bridgehead atoms. The van der Waals surface area contributed by atoms with E-state index >= 15 is 0 Å². The van der Waals surface area contributed by atoms with Crippen molar-refractivity contribution in [2.45, 2.75) is 53.2 Å². The Morgan fingerprint density at radius 1 is 1.07 bits per heavy atom. The van der Waals surface area contributed by atoms with Gasteiger partial charge in [0.25, 0.3) is 5.91 Å². The first-order valence-electron chi connectivity index (χ1n) is 9.71. The number of halogens is 1. The molecule has 1 atom stereocenters. The van der Waals surface area contributed by atoms with Gasteiger partial charge in [0.2, 0.25) is 5.91 Å². The Morgan fingerprint density at radius 3 is 2.31 bits per heavy atom. The molecule has 0 radical (unpaired) electrons. The lowest BCUT2D eigenvalue weighted by atomic mass is 10.1. The van der Waals surface area contributed by atoms with Crippen molar-refractivity contribution in [1.29, 1.82) is 0 Å². The molecule has 0 fully saturated rings. The van der Waals surface area contributed by atoms with Crippen molar-refractivity contribution in [3.05, 3.63) is 63.6 Å². The van der Waals surface area contributed by atoms with E-state index in [0.717, 1.165) is 21.2 Å². The molecule has 0 saturated carbocycles. The second-order valence-corrected chi connectivity index (χ2v) is 8.40. The van der Waals surface area contributed by atoms with Gasteiger partial charge in [-0.15, -0.1) is 0 Å². The van der Waals surface area contributed by atoms with E-state index in [2.05, 4.69) is 21.2 Å². The highest BCUT2D eigenvalue weighted by Gasteiger charge is 2.26. The van der Waals surface area contributed by atoms with Gasteiger partial charge in [-0.1, -0.05) is 45.8 Å². The Hall–Kier alpha value is -2.34. The van der Waals surface area contributed by atoms with Gasteiger partial charge in [0, 0.05) is 17.1 Å². The van der Waals surface area contributed by atoms with Crippen molar-refractivity contribution in [2.75, 3.05) is 6.61 Å². The Labute approximate surface area is 181 Å². The number of nitrogens with zero attached hydrogens (tertiary/aromatic N) is 1. The van der Waals surface area contributed by atoms with Gasteiger partial charge >= 0.3 is 0 Å². The lowest BCUT2D eigenvalue weighted by Gasteiger charge is -2.29. The highest BCUT2D eigenvalue weighted by atomic mass is 79.9. The average Bonchev–Trinajstić information content (AvgIpc) is 2.67. The van der Waals surface area contributed by atoms with E-state index in [-0.39, 0.29) is 24.5 Å². The molecule has 2 aromatic carbocycles. The molecule has 156 valence electrons. The zero-order valence-corrected chi connectivity index (χ0v) is 19.2. The van der Waals surface area contributed by atoms with Crippen LogP contribution in [0.3, 0.4) is 0 Å². The molecule has 2 rings (SSSR count). The first-order chi connectivity index (χ1) is 13.7. The van der Waals surface area contributed by atoms with Crippen molar-refractivity contribution < 1.29 is 14.3 Å². The molecule has 1 N–H and O–H groups in total. The number of ether oxygens (including phenoxy) is 1. The number of carbonyl (C=O) groups is 2. The SMILES string of the molecule is Cc1ccc(CN(C(=O)COc2ccc(Br)c(C)c2)[C@@H](C)C(=O)NC(C)C)cc1. The van der Waals surface area contributed by atoms with Crippen molar-refractivity contribution in [2.24, 2.45) is 0 Å². The van der Waals surface area contributed by atoms with Gasteiger partial charge in [-0.3, -0.25) is 9.59 Å². The highest BCUT2D eigenvalue weighted by molar-refractivity contribution is 9.10. The van der Waals surface area contributed by atoms with Crippen molar-refractivity contribution in [1.82, 2.24) is 10.2 Å². The summed E-state index contributed by atoms with van der Waals surface area (Å²) in [5, 5.41) is 2.88. The molecule has 0 heterocycles. The topological polar surface area (TPSA) is 58.6 Å². The quantitative estimate of drug-likeness (QED) is 0.635. The molecule has 0 unspecified atom stereocenters. The first kappa shape index (κ1) is 22.9. The predicted octanol–water partition coefficient (Wildman–Crippen LogP) is 4.39. The molecule has 0 aromatic heterocycles. The average molecular weight is 461 g/mol. The Balaban J connectivity index is 2.15. The monoisotopic (exact) mass is 460 g/mol. The second kappa shape index (κ2) is 10.4. The summed E-state index contributed by atoms with van der Waals surface area (Å²) in [7, 11) is 0. The van der Waals surface area contributed by atoms with Crippen molar-refractivity contribution in [3.63, 3.8) is 0 Å². The minimum atomic E-state index is -0.610. The smallest absolute Gasteiger partial charge is 0.261 e. The van der Waals surface area contributed by atoms with Crippen LogP contribution in [0.25, 0.3) is 0 Å². The van der Waals surface area contributed by atoms with Gasteiger partial charge in [-0.25, -0.2) is 0 Å². The number of benzene rings is 2. The molecule has 6 heteroatoms. The molecule has 2 aromatic rings. The summed E-state index contributed by atoms with van der Waals surface area (Å²) < 4.78 is 6.69. The third-order valence-electron chi connectivity index (χ3n) is 4.56. The van der Waals surface area contributed by atoms with E-state index in [4.69, 9.17) is 4.74 Å². The molecular formula is C23H29BrN2O3. The zero-order chi connectivity index (χ0) is 21.6. The number of nitrogens with one attached hydrogen (secondary N) is 1. The van der Waals surface area contributed by atoms with Crippen LogP contribution in [0.1, 0.15) is 37.5 Å². The molecule has 29 heavy (non-hydrogen) atoms. The van der Waals surface area contributed by atoms with Crippen LogP contribution in [0.2, 0.25) is 0 Å². The maximum atomic E-state index is 13.0. The Morgan fingerprint density at radius 2 is 1.72 bits per heavy atom. The van der Waals surface area contributed by atoms with Crippen LogP contribution in [0.15, 0.2) is 46.9 Å². The van der Waals surface area contributed by atoms with Crippen LogP contribution < -0.4 is 10.1 Å². The summed E-state index contributed by atoms with van der Waals surface area (Å²) in [5.41, 5.74) is 3.13. The Bertz CT molecular complexity index is 850. The van der Waals surface area contributed by atoms with E-state index in [1.807, 2.05) is 70.2 Å². The number of hydrogen-bond donors (Lipinski definition) is 1. The van der Waals surface area contributed by atoms with E-state index in [9.17, 15) is 9.59 Å². The predicted molar refractivity (Wildman–Crippen MR) is 119 cm³/mol. The van der Waals surface area contributed by atoms with Crippen LogP contribution >= 0.6 is 15.9 Å². The van der Waals surface area contributed by atoms with Gasteiger partial charge in [-0.05, 0) is 63.9 Å².